The number of aliphatic hydroxyl groups is 1. The molecule has 2 amide bonds. The maximum atomic E-state index is 12.7. The number of anilines is 1. The van der Waals surface area contributed by atoms with E-state index in [1.54, 1.807) is 9.80 Å². The second-order valence-corrected chi connectivity index (χ2v) is 6.23. The van der Waals surface area contributed by atoms with Gasteiger partial charge in [-0.25, -0.2) is 0 Å². The van der Waals surface area contributed by atoms with Crippen molar-refractivity contribution in [3.63, 3.8) is 0 Å². The molecule has 1 fully saturated rings. The Hall–Kier alpha value is -2.66. The molecule has 0 aromatic heterocycles. The van der Waals surface area contributed by atoms with Crippen molar-refractivity contribution in [2.45, 2.75) is 19.4 Å². The van der Waals surface area contributed by atoms with Gasteiger partial charge in [0.2, 0.25) is 11.8 Å². The molecule has 3 rings (SSSR count). The van der Waals surface area contributed by atoms with Gasteiger partial charge in [0.15, 0.2) is 0 Å². The summed E-state index contributed by atoms with van der Waals surface area (Å²) in [4.78, 5) is 28.1. The van der Waals surface area contributed by atoms with Crippen LogP contribution in [0.4, 0.5) is 5.69 Å². The van der Waals surface area contributed by atoms with Crippen molar-refractivity contribution in [1.29, 1.82) is 0 Å². The summed E-state index contributed by atoms with van der Waals surface area (Å²) in [6.45, 7) is 2.22. The molecule has 0 spiro atoms. The maximum absolute atomic E-state index is 12.7. The molecule has 5 heteroatoms. The Balaban J connectivity index is 1.89. The van der Waals surface area contributed by atoms with Crippen molar-refractivity contribution in [1.82, 2.24) is 4.90 Å². The minimum Gasteiger partial charge on any atom is -0.396 e. The van der Waals surface area contributed by atoms with Crippen LogP contribution in [0.1, 0.15) is 13.3 Å². The fourth-order valence-corrected chi connectivity index (χ4v) is 3.23. The summed E-state index contributed by atoms with van der Waals surface area (Å²) in [6, 6.07) is 17.7. The van der Waals surface area contributed by atoms with Gasteiger partial charge in [0, 0.05) is 24.6 Å². The third-order valence-corrected chi connectivity index (χ3v) is 4.51. The van der Waals surface area contributed by atoms with E-state index in [9.17, 15) is 9.59 Å². The Morgan fingerprint density at radius 2 is 1.80 bits per heavy atom. The van der Waals surface area contributed by atoms with Crippen molar-refractivity contribution >= 4 is 17.5 Å². The smallest absolute Gasteiger partial charge is 0.246 e. The molecule has 0 aliphatic carbocycles. The highest BCUT2D eigenvalue weighted by atomic mass is 16.3. The van der Waals surface area contributed by atoms with Crippen molar-refractivity contribution in [3.05, 3.63) is 54.6 Å². The number of carbonyl (C=O) groups is 2. The standard InChI is InChI=1S/C20H22N2O3/c1-15-13-22(20(25)14-21(15)19(24)11-12-23)18-10-6-5-9-17(18)16-7-3-2-4-8-16/h2-10,15,23H,11-14H2,1H3. The topological polar surface area (TPSA) is 60.9 Å². The maximum Gasteiger partial charge on any atom is 0.246 e. The summed E-state index contributed by atoms with van der Waals surface area (Å²) >= 11 is 0. The number of rotatable bonds is 4. The number of para-hydroxylation sites is 1. The number of hydrogen-bond acceptors (Lipinski definition) is 3. The molecule has 25 heavy (non-hydrogen) atoms. The number of aliphatic hydroxyl groups excluding tert-OH is 1. The molecule has 5 nitrogen and oxygen atoms in total. The van der Waals surface area contributed by atoms with Crippen LogP contribution in [0.15, 0.2) is 54.6 Å². The predicted octanol–water partition coefficient (Wildman–Crippen LogP) is 2.30. The lowest BCUT2D eigenvalue weighted by molar-refractivity contribution is -0.139. The molecule has 1 atom stereocenters. The molecule has 1 heterocycles. The van der Waals surface area contributed by atoms with E-state index < -0.39 is 0 Å². The first kappa shape index (κ1) is 17.2. The number of hydrogen-bond donors (Lipinski definition) is 1. The predicted molar refractivity (Wildman–Crippen MR) is 97.1 cm³/mol. The normalized spacial score (nSPS) is 17.7. The Morgan fingerprint density at radius 1 is 1.12 bits per heavy atom. The Labute approximate surface area is 147 Å². The highest BCUT2D eigenvalue weighted by molar-refractivity contribution is 6.01. The number of amides is 2. The van der Waals surface area contributed by atoms with E-state index in [1.807, 2.05) is 61.5 Å². The fraction of sp³-hybridized carbons (Fsp3) is 0.300. The molecule has 2 aromatic rings. The highest BCUT2D eigenvalue weighted by Gasteiger charge is 2.33. The zero-order chi connectivity index (χ0) is 17.8. The van der Waals surface area contributed by atoms with Gasteiger partial charge in [0.1, 0.15) is 6.54 Å². The zero-order valence-corrected chi connectivity index (χ0v) is 14.3. The van der Waals surface area contributed by atoms with Gasteiger partial charge in [-0.3, -0.25) is 9.59 Å². The van der Waals surface area contributed by atoms with Crippen LogP contribution in [0, 0.1) is 0 Å². The lowest BCUT2D eigenvalue weighted by atomic mass is 10.0. The third kappa shape index (κ3) is 3.56. The van der Waals surface area contributed by atoms with Gasteiger partial charge in [-0.05, 0) is 18.6 Å². The minimum atomic E-state index is -0.198. The van der Waals surface area contributed by atoms with Gasteiger partial charge in [-0.15, -0.1) is 0 Å². The summed E-state index contributed by atoms with van der Waals surface area (Å²) in [5.41, 5.74) is 2.91. The van der Waals surface area contributed by atoms with E-state index in [0.29, 0.717) is 6.54 Å². The summed E-state index contributed by atoms with van der Waals surface area (Å²) in [7, 11) is 0. The van der Waals surface area contributed by atoms with Gasteiger partial charge in [-0.2, -0.15) is 0 Å². The summed E-state index contributed by atoms with van der Waals surface area (Å²) in [6.07, 6.45) is 0.0538. The molecule has 0 radical (unpaired) electrons. The van der Waals surface area contributed by atoms with Gasteiger partial charge >= 0.3 is 0 Å². The number of carbonyl (C=O) groups excluding carboxylic acids is 2. The zero-order valence-electron chi connectivity index (χ0n) is 14.3. The van der Waals surface area contributed by atoms with Crippen molar-refractivity contribution in [2.24, 2.45) is 0 Å². The Bertz CT molecular complexity index is 761. The summed E-state index contributed by atoms with van der Waals surface area (Å²) in [5, 5.41) is 8.97. The average Bonchev–Trinajstić information content (AvgIpc) is 2.64. The molecule has 2 aromatic carbocycles. The molecule has 1 unspecified atom stereocenters. The van der Waals surface area contributed by atoms with Crippen LogP contribution >= 0.6 is 0 Å². The highest BCUT2D eigenvalue weighted by Crippen LogP contribution is 2.32. The molecular weight excluding hydrogens is 316 g/mol. The number of piperazine rings is 1. The number of nitrogens with zero attached hydrogens (tertiary/aromatic N) is 2. The van der Waals surface area contributed by atoms with Crippen LogP contribution < -0.4 is 4.90 Å². The summed E-state index contributed by atoms with van der Waals surface area (Å²) < 4.78 is 0. The molecular formula is C20H22N2O3. The molecule has 1 aliphatic rings. The van der Waals surface area contributed by atoms with Crippen LogP contribution in [0.5, 0.6) is 0 Å². The van der Waals surface area contributed by atoms with E-state index in [-0.39, 0.29) is 37.4 Å². The van der Waals surface area contributed by atoms with Crippen molar-refractivity contribution < 1.29 is 14.7 Å². The Kier molecular flexibility index (Phi) is 5.14. The van der Waals surface area contributed by atoms with Crippen molar-refractivity contribution in [3.8, 4) is 11.1 Å². The second-order valence-electron chi connectivity index (χ2n) is 6.23. The molecule has 0 bridgehead atoms. The molecule has 130 valence electrons. The van der Waals surface area contributed by atoms with Crippen LogP contribution in [-0.4, -0.2) is 47.6 Å². The first-order valence-electron chi connectivity index (χ1n) is 8.47. The second kappa shape index (κ2) is 7.49. The minimum absolute atomic E-state index is 0.0448. The van der Waals surface area contributed by atoms with E-state index >= 15 is 0 Å². The quantitative estimate of drug-likeness (QED) is 0.930. The SMILES string of the molecule is CC1CN(c2ccccc2-c2ccccc2)C(=O)CN1C(=O)CCO. The first-order valence-corrected chi connectivity index (χ1v) is 8.47. The van der Waals surface area contributed by atoms with Crippen LogP contribution in [-0.2, 0) is 9.59 Å². The third-order valence-electron chi connectivity index (χ3n) is 4.51. The van der Waals surface area contributed by atoms with Gasteiger partial charge in [-0.1, -0.05) is 48.5 Å². The lowest BCUT2D eigenvalue weighted by Crippen LogP contribution is -2.57. The van der Waals surface area contributed by atoms with Crippen LogP contribution in [0.2, 0.25) is 0 Å². The summed E-state index contributed by atoms with van der Waals surface area (Å²) in [5.74, 6) is -0.285. The Morgan fingerprint density at radius 3 is 2.52 bits per heavy atom. The van der Waals surface area contributed by atoms with E-state index in [4.69, 9.17) is 5.11 Å². The largest absolute Gasteiger partial charge is 0.396 e. The molecule has 1 saturated heterocycles. The van der Waals surface area contributed by atoms with E-state index in [0.717, 1.165) is 16.8 Å². The van der Waals surface area contributed by atoms with Gasteiger partial charge in [0.25, 0.3) is 0 Å². The average molecular weight is 338 g/mol. The van der Waals surface area contributed by atoms with Gasteiger partial charge < -0.3 is 14.9 Å². The first-order chi connectivity index (χ1) is 12.1. The monoisotopic (exact) mass is 338 g/mol. The van der Waals surface area contributed by atoms with Crippen LogP contribution in [0.3, 0.4) is 0 Å². The van der Waals surface area contributed by atoms with Gasteiger partial charge in [0.05, 0.1) is 12.3 Å². The fourth-order valence-electron chi connectivity index (χ4n) is 3.23. The molecule has 1 aliphatic heterocycles. The van der Waals surface area contributed by atoms with E-state index in [1.165, 1.54) is 0 Å². The molecule has 1 N–H and O–H groups in total. The van der Waals surface area contributed by atoms with Crippen molar-refractivity contribution in [2.75, 3.05) is 24.6 Å². The van der Waals surface area contributed by atoms with Crippen LogP contribution in [0.25, 0.3) is 11.1 Å². The number of benzene rings is 2. The lowest BCUT2D eigenvalue weighted by Gasteiger charge is -2.40. The molecule has 0 saturated carbocycles. The van der Waals surface area contributed by atoms with E-state index in [2.05, 4.69) is 0 Å².